The molecule has 5 nitrogen and oxygen atoms in total. The molecule has 1 aliphatic rings. The number of aryl methyl sites for hydroxylation is 1. The SMILES string of the molecule is Cc1cc(C(=O)O)cc(C(=O)NCCC2CCCCO2)c1. The number of rotatable bonds is 5. The zero-order valence-electron chi connectivity index (χ0n) is 12.2. The maximum Gasteiger partial charge on any atom is 0.335 e. The van der Waals surface area contributed by atoms with Gasteiger partial charge in [-0.05, 0) is 56.4 Å². The summed E-state index contributed by atoms with van der Waals surface area (Å²) in [6, 6.07) is 4.65. The summed E-state index contributed by atoms with van der Waals surface area (Å²) in [5.41, 5.74) is 1.28. The van der Waals surface area contributed by atoms with Crippen molar-refractivity contribution in [3.05, 3.63) is 34.9 Å². The first-order chi connectivity index (χ1) is 10.1. The molecule has 2 rings (SSSR count). The third kappa shape index (κ3) is 4.56. The Kier molecular flexibility index (Phi) is 5.33. The molecule has 2 N–H and O–H groups in total. The van der Waals surface area contributed by atoms with E-state index in [1.165, 1.54) is 12.5 Å². The second-order valence-electron chi connectivity index (χ2n) is 5.43. The molecule has 0 radical (unpaired) electrons. The van der Waals surface area contributed by atoms with Crippen LogP contribution in [-0.2, 0) is 4.74 Å². The summed E-state index contributed by atoms with van der Waals surface area (Å²) >= 11 is 0. The first-order valence-corrected chi connectivity index (χ1v) is 7.31. The molecule has 0 aromatic heterocycles. The van der Waals surface area contributed by atoms with Crippen molar-refractivity contribution in [1.29, 1.82) is 0 Å². The van der Waals surface area contributed by atoms with E-state index in [9.17, 15) is 9.59 Å². The molecule has 0 spiro atoms. The van der Waals surface area contributed by atoms with Crippen molar-refractivity contribution in [3.8, 4) is 0 Å². The molecule has 0 saturated carbocycles. The van der Waals surface area contributed by atoms with Crippen LogP contribution in [0.25, 0.3) is 0 Å². The summed E-state index contributed by atoms with van der Waals surface area (Å²) in [7, 11) is 0. The monoisotopic (exact) mass is 291 g/mol. The number of hydrogen-bond donors (Lipinski definition) is 2. The Morgan fingerprint density at radius 2 is 2.05 bits per heavy atom. The van der Waals surface area contributed by atoms with Gasteiger partial charge in [-0.2, -0.15) is 0 Å². The predicted octanol–water partition coefficient (Wildman–Crippen LogP) is 2.38. The van der Waals surface area contributed by atoms with Gasteiger partial charge in [0.15, 0.2) is 0 Å². The number of carbonyl (C=O) groups excluding carboxylic acids is 1. The molecule has 1 saturated heterocycles. The first-order valence-electron chi connectivity index (χ1n) is 7.31. The van der Waals surface area contributed by atoms with E-state index in [1.807, 2.05) is 0 Å². The Morgan fingerprint density at radius 1 is 1.29 bits per heavy atom. The lowest BCUT2D eigenvalue weighted by molar-refractivity contribution is 0.0117. The van der Waals surface area contributed by atoms with E-state index in [-0.39, 0.29) is 17.6 Å². The van der Waals surface area contributed by atoms with Crippen LogP contribution in [-0.4, -0.2) is 36.2 Å². The van der Waals surface area contributed by atoms with Gasteiger partial charge in [-0.25, -0.2) is 4.79 Å². The average Bonchev–Trinajstić information content (AvgIpc) is 2.47. The minimum atomic E-state index is -1.02. The number of benzene rings is 1. The molecule has 114 valence electrons. The Morgan fingerprint density at radius 3 is 2.71 bits per heavy atom. The highest BCUT2D eigenvalue weighted by Crippen LogP contribution is 2.15. The molecule has 1 fully saturated rings. The molecule has 1 atom stereocenters. The van der Waals surface area contributed by atoms with Gasteiger partial charge in [0.25, 0.3) is 5.91 Å². The van der Waals surface area contributed by atoms with Gasteiger partial charge in [-0.15, -0.1) is 0 Å². The molecule has 0 bridgehead atoms. The standard InChI is InChI=1S/C16H21NO4/c1-11-8-12(10-13(9-11)16(19)20)15(18)17-6-5-14-4-2-3-7-21-14/h8-10,14H,2-7H2,1H3,(H,17,18)(H,19,20). The lowest BCUT2D eigenvalue weighted by atomic mass is 10.1. The highest BCUT2D eigenvalue weighted by atomic mass is 16.5. The zero-order valence-corrected chi connectivity index (χ0v) is 12.2. The molecule has 1 amide bonds. The average molecular weight is 291 g/mol. The molecular formula is C16H21NO4. The van der Waals surface area contributed by atoms with Gasteiger partial charge in [0.05, 0.1) is 11.7 Å². The van der Waals surface area contributed by atoms with E-state index in [0.29, 0.717) is 12.1 Å². The van der Waals surface area contributed by atoms with Crippen LogP contribution in [0, 0.1) is 6.92 Å². The summed E-state index contributed by atoms with van der Waals surface area (Å²) in [6.07, 6.45) is 4.36. The number of carboxylic acids is 1. The predicted molar refractivity (Wildman–Crippen MR) is 78.7 cm³/mol. The number of nitrogens with one attached hydrogen (secondary N) is 1. The van der Waals surface area contributed by atoms with E-state index in [4.69, 9.17) is 9.84 Å². The first kappa shape index (κ1) is 15.5. The Hall–Kier alpha value is -1.88. The van der Waals surface area contributed by atoms with Crippen LogP contribution in [0.1, 0.15) is 52.0 Å². The van der Waals surface area contributed by atoms with Gasteiger partial charge in [-0.1, -0.05) is 0 Å². The third-order valence-corrected chi connectivity index (χ3v) is 3.61. The Labute approximate surface area is 124 Å². The van der Waals surface area contributed by atoms with Gasteiger partial charge in [0.1, 0.15) is 0 Å². The normalized spacial score (nSPS) is 18.2. The summed E-state index contributed by atoms with van der Waals surface area (Å²) < 4.78 is 5.61. The van der Waals surface area contributed by atoms with Gasteiger partial charge >= 0.3 is 5.97 Å². The topological polar surface area (TPSA) is 75.6 Å². The molecule has 21 heavy (non-hydrogen) atoms. The smallest absolute Gasteiger partial charge is 0.335 e. The molecule has 1 unspecified atom stereocenters. The largest absolute Gasteiger partial charge is 0.478 e. The van der Waals surface area contributed by atoms with Crippen molar-refractivity contribution >= 4 is 11.9 Å². The molecule has 0 aliphatic carbocycles. The minimum Gasteiger partial charge on any atom is -0.478 e. The molecular weight excluding hydrogens is 270 g/mol. The second kappa shape index (κ2) is 7.22. The van der Waals surface area contributed by atoms with Crippen molar-refractivity contribution < 1.29 is 19.4 Å². The lowest BCUT2D eigenvalue weighted by Crippen LogP contribution is -2.29. The van der Waals surface area contributed by atoms with Gasteiger partial charge in [-0.3, -0.25) is 4.79 Å². The van der Waals surface area contributed by atoms with Crippen molar-refractivity contribution in [2.75, 3.05) is 13.2 Å². The number of carboxylic acid groups (broad SMARTS) is 1. The molecule has 1 aromatic carbocycles. The molecule has 1 aromatic rings. The van der Waals surface area contributed by atoms with Gasteiger partial charge < -0.3 is 15.2 Å². The molecule has 5 heteroatoms. The number of aromatic carboxylic acids is 1. The van der Waals surface area contributed by atoms with Crippen LogP contribution in [0.4, 0.5) is 0 Å². The fourth-order valence-electron chi connectivity index (χ4n) is 2.52. The number of hydrogen-bond acceptors (Lipinski definition) is 3. The highest BCUT2D eigenvalue weighted by molar-refractivity contribution is 5.97. The van der Waals surface area contributed by atoms with Crippen LogP contribution < -0.4 is 5.32 Å². The number of ether oxygens (including phenoxy) is 1. The summed E-state index contributed by atoms with van der Waals surface area (Å²) in [5.74, 6) is -1.26. The van der Waals surface area contributed by atoms with E-state index >= 15 is 0 Å². The lowest BCUT2D eigenvalue weighted by Gasteiger charge is -2.22. The number of amides is 1. The van der Waals surface area contributed by atoms with E-state index in [0.717, 1.165) is 31.4 Å². The fraction of sp³-hybridized carbons (Fsp3) is 0.500. The summed E-state index contributed by atoms with van der Waals surface area (Å²) in [5, 5.41) is 11.8. The zero-order chi connectivity index (χ0) is 15.2. The van der Waals surface area contributed by atoms with Crippen molar-refractivity contribution in [2.45, 2.75) is 38.7 Å². The van der Waals surface area contributed by atoms with Crippen LogP contribution in [0.2, 0.25) is 0 Å². The number of carbonyl (C=O) groups is 2. The Bertz CT molecular complexity index is 521. The van der Waals surface area contributed by atoms with E-state index < -0.39 is 5.97 Å². The maximum atomic E-state index is 12.1. The van der Waals surface area contributed by atoms with Crippen molar-refractivity contribution in [1.82, 2.24) is 5.32 Å². The van der Waals surface area contributed by atoms with Crippen molar-refractivity contribution in [3.63, 3.8) is 0 Å². The van der Waals surface area contributed by atoms with Crippen molar-refractivity contribution in [2.24, 2.45) is 0 Å². The highest BCUT2D eigenvalue weighted by Gasteiger charge is 2.15. The van der Waals surface area contributed by atoms with Crippen LogP contribution >= 0.6 is 0 Å². The third-order valence-electron chi connectivity index (χ3n) is 3.61. The van der Waals surface area contributed by atoms with Crippen LogP contribution in [0.3, 0.4) is 0 Å². The van der Waals surface area contributed by atoms with E-state index in [2.05, 4.69) is 5.32 Å². The van der Waals surface area contributed by atoms with E-state index in [1.54, 1.807) is 19.1 Å². The summed E-state index contributed by atoms with van der Waals surface area (Å²) in [4.78, 5) is 23.1. The van der Waals surface area contributed by atoms with Crippen LogP contribution in [0.5, 0.6) is 0 Å². The minimum absolute atomic E-state index is 0.135. The quantitative estimate of drug-likeness (QED) is 0.873. The molecule has 1 heterocycles. The summed E-state index contributed by atoms with van der Waals surface area (Å²) in [6.45, 7) is 3.12. The van der Waals surface area contributed by atoms with Gasteiger partial charge in [0, 0.05) is 18.7 Å². The maximum absolute atomic E-state index is 12.1. The second-order valence-corrected chi connectivity index (χ2v) is 5.43. The Balaban J connectivity index is 1.89. The van der Waals surface area contributed by atoms with Gasteiger partial charge in [0.2, 0.25) is 0 Å². The fourth-order valence-corrected chi connectivity index (χ4v) is 2.52. The molecule has 1 aliphatic heterocycles. The van der Waals surface area contributed by atoms with Crippen LogP contribution in [0.15, 0.2) is 18.2 Å².